The lowest BCUT2D eigenvalue weighted by molar-refractivity contribution is 0.0602. The normalized spacial score (nSPS) is 10.2. The smallest absolute Gasteiger partial charge is 0.340 e. The highest BCUT2D eigenvalue weighted by atomic mass is 19.1. The fourth-order valence-electron chi connectivity index (χ4n) is 1.96. The first-order valence-electron chi connectivity index (χ1n) is 6.56. The second kappa shape index (κ2) is 6.74. The van der Waals surface area contributed by atoms with Crippen LogP contribution in [0.25, 0.3) is 0 Å². The Morgan fingerprint density at radius 2 is 1.95 bits per heavy atom. The molecule has 2 aromatic carbocycles. The molecular formula is C16H17FN2O2. The van der Waals surface area contributed by atoms with Gasteiger partial charge in [0.2, 0.25) is 0 Å². The van der Waals surface area contributed by atoms with Gasteiger partial charge in [0.25, 0.3) is 0 Å². The second-order valence-electron chi connectivity index (χ2n) is 4.60. The minimum Gasteiger partial charge on any atom is -0.465 e. The van der Waals surface area contributed by atoms with Crippen LogP contribution < -0.4 is 11.1 Å². The van der Waals surface area contributed by atoms with E-state index >= 15 is 0 Å². The van der Waals surface area contributed by atoms with Crippen LogP contribution in [0.3, 0.4) is 0 Å². The van der Waals surface area contributed by atoms with Gasteiger partial charge in [-0.15, -0.1) is 0 Å². The third kappa shape index (κ3) is 3.95. The third-order valence-corrected chi connectivity index (χ3v) is 3.11. The van der Waals surface area contributed by atoms with E-state index in [4.69, 9.17) is 5.73 Å². The summed E-state index contributed by atoms with van der Waals surface area (Å²) >= 11 is 0. The van der Waals surface area contributed by atoms with Gasteiger partial charge in [0.05, 0.1) is 12.7 Å². The molecule has 0 saturated carbocycles. The number of esters is 1. The number of nitrogen functional groups attached to an aromatic ring is 1. The van der Waals surface area contributed by atoms with Crippen molar-refractivity contribution in [1.29, 1.82) is 0 Å². The fraction of sp³-hybridized carbons (Fsp3) is 0.188. The molecule has 5 heteroatoms. The number of hydrogen-bond acceptors (Lipinski definition) is 4. The van der Waals surface area contributed by atoms with Crippen LogP contribution in [-0.4, -0.2) is 19.6 Å². The van der Waals surface area contributed by atoms with Crippen LogP contribution >= 0.6 is 0 Å². The van der Waals surface area contributed by atoms with Gasteiger partial charge in [0.15, 0.2) is 0 Å². The molecule has 3 N–H and O–H groups in total. The molecule has 0 aromatic heterocycles. The van der Waals surface area contributed by atoms with Gasteiger partial charge in [-0.2, -0.15) is 0 Å². The van der Waals surface area contributed by atoms with Gasteiger partial charge in [-0.25, -0.2) is 9.18 Å². The van der Waals surface area contributed by atoms with Gasteiger partial charge in [-0.05, 0) is 42.3 Å². The van der Waals surface area contributed by atoms with E-state index in [1.165, 1.54) is 19.2 Å². The number of carbonyl (C=O) groups excluding carboxylic acids is 1. The number of anilines is 2. The van der Waals surface area contributed by atoms with Crippen molar-refractivity contribution in [3.8, 4) is 0 Å². The molecule has 0 aliphatic carbocycles. The lowest BCUT2D eigenvalue weighted by Crippen LogP contribution is -2.09. The summed E-state index contributed by atoms with van der Waals surface area (Å²) in [6.45, 7) is 0.663. The summed E-state index contributed by atoms with van der Waals surface area (Å²) in [6, 6.07) is 11.5. The summed E-state index contributed by atoms with van der Waals surface area (Å²) in [5.74, 6) is -0.706. The molecule has 0 spiro atoms. The molecule has 0 bridgehead atoms. The molecule has 4 nitrogen and oxygen atoms in total. The molecule has 0 radical (unpaired) electrons. The van der Waals surface area contributed by atoms with E-state index in [2.05, 4.69) is 10.1 Å². The Bertz CT molecular complexity index is 627. The van der Waals surface area contributed by atoms with Crippen molar-refractivity contribution in [3.63, 3.8) is 0 Å². The molecule has 0 aliphatic heterocycles. The van der Waals surface area contributed by atoms with Crippen LogP contribution in [0.1, 0.15) is 15.9 Å². The van der Waals surface area contributed by atoms with E-state index in [1.54, 1.807) is 30.3 Å². The molecule has 0 saturated heterocycles. The average Bonchev–Trinajstić information content (AvgIpc) is 2.50. The van der Waals surface area contributed by atoms with Gasteiger partial charge >= 0.3 is 5.97 Å². The summed E-state index contributed by atoms with van der Waals surface area (Å²) in [7, 11) is 1.32. The lowest BCUT2D eigenvalue weighted by atomic mass is 10.1. The highest BCUT2D eigenvalue weighted by Gasteiger charge is 2.10. The highest BCUT2D eigenvalue weighted by molar-refractivity contribution is 5.96. The number of rotatable bonds is 5. The minimum absolute atomic E-state index is 0.243. The van der Waals surface area contributed by atoms with Crippen LogP contribution in [0, 0.1) is 5.82 Å². The van der Waals surface area contributed by atoms with Crippen LogP contribution in [0.15, 0.2) is 42.5 Å². The standard InChI is InChI=1S/C16H17FN2O2/c1-21-16(20)14-10-13(6-7-15(14)18)19-9-8-11-2-4-12(17)5-3-11/h2-7,10,19H,8-9,18H2,1H3. The molecule has 0 aliphatic rings. The Labute approximate surface area is 122 Å². The molecule has 21 heavy (non-hydrogen) atoms. The van der Waals surface area contributed by atoms with Gasteiger partial charge in [0, 0.05) is 17.9 Å². The Kier molecular flexibility index (Phi) is 4.77. The van der Waals surface area contributed by atoms with Crippen molar-refractivity contribution in [1.82, 2.24) is 0 Å². The highest BCUT2D eigenvalue weighted by Crippen LogP contribution is 2.18. The predicted octanol–water partition coefficient (Wildman–Crippen LogP) is 2.85. The number of methoxy groups -OCH3 is 1. The van der Waals surface area contributed by atoms with Crippen molar-refractivity contribution in [2.24, 2.45) is 0 Å². The van der Waals surface area contributed by atoms with Gasteiger partial charge < -0.3 is 15.8 Å². The van der Waals surface area contributed by atoms with Gasteiger partial charge in [-0.1, -0.05) is 12.1 Å². The Balaban J connectivity index is 1.97. The predicted molar refractivity (Wildman–Crippen MR) is 80.8 cm³/mol. The first-order chi connectivity index (χ1) is 10.1. The van der Waals surface area contributed by atoms with E-state index in [-0.39, 0.29) is 5.82 Å². The second-order valence-corrected chi connectivity index (χ2v) is 4.60. The average molecular weight is 288 g/mol. The summed E-state index contributed by atoms with van der Waals surface area (Å²) in [4.78, 5) is 11.5. The molecule has 0 heterocycles. The fourth-order valence-corrected chi connectivity index (χ4v) is 1.96. The molecule has 0 fully saturated rings. The Morgan fingerprint density at radius 3 is 2.62 bits per heavy atom. The minimum atomic E-state index is -0.463. The maximum absolute atomic E-state index is 12.8. The summed E-state index contributed by atoms with van der Waals surface area (Å²) in [6.07, 6.45) is 0.748. The molecule has 110 valence electrons. The SMILES string of the molecule is COC(=O)c1cc(NCCc2ccc(F)cc2)ccc1N. The maximum Gasteiger partial charge on any atom is 0.340 e. The van der Waals surface area contributed by atoms with Gasteiger partial charge in [-0.3, -0.25) is 0 Å². The van der Waals surface area contributed by atoms with Crippen molar-refractivity contribution < 1.29 is 13.9 Å². The number of nitrogens with two attached hydrogens (primary N) is 1. The van der Waals surface area contributed by atoms with Crippen molar-refractivity contribution in [2.45, 2.75) is 6.42 Å². The molecule has 0 amide bonds. The largest absolute Gasteiger partial charge is 0.465 e. The number of carbonyl (C=O) groups is 1. The lowest BCUT2D eigenvalue weighted by Gasteiger charge is -2.09. The molecule has 0 atom stereocenters. The van der Waals surface area contributed by atoms with Crippen LogP contribution in [0.5, 0.6) is 0 Å². The van der Waals surface area contributed by atoms with E-state index in [0.29, 0.717) is 17.8 Å². The monoisotopic (exact) mass is 288 g/mol. The quantitative estimate of drug-likeness (QED) is 0.656. The molecule has 2 aromatic rings. The zero-order valence-electron chi connectivity index (χ0n) is 11.7. The molecule has 2 rings (SSSR count). The van der Waals surface area contributed by atoms with E-state index in [1.807, 2.05) is 0 Å². The van der Waals surface area contributed by atoms with Crippen LogP contribution in [0.4, 0.5) is 15.8 Å². The van der Waals surface area contributed by atoms with Crippen LogP contribution in [-0.2, 0) is 11.2 Å². The Hall–Kier alpha value is -2.56. The van der Waals surface area contributed by atoms with E-state index in [9.17, 15) is 9.18 Å². The number of ether oxygens (including phenoxy) is 1. The zero-order valence-corrected chi connectivity index (χ0v) is 11.7. The molecular weight excluding hydrogens is 271 g/mol. The zero-order chi connectivity index (χ0) is 15.2. The summed E-state index contributed by atoms with van der Waals surface area (Å²) in [5.41, 5.74) is 8.27. The number of halogens is 1. The van der Waals surface area contributed by atoms with E-state index in [0.717, 1.165) is 17.7 Å². The summed E-state index contributed by atoms with van der Waals surface area (Å²) < 4.78 is 17.5. The third-order valence-electron chi connectivity index (χ3n) is 3.11. The maximum atomic E-state index is 12.8. The first kappa shape index (κ1) is 14.8. The molecule has 0 unspecified atom stereocenters. The first-order valence-corrected chi connectivity index (χ1v) is 6.56. The van der Waals surface area contributed by atoms with Crippen molar-refractivity contribution in [3.05, 3.63) is 59.4 Å². The van der Waals surface area contributed by atoms with Crippen molar-refractivity contribution >= 4 is 17.3 Å². The Morgan fingerprint density at radius 1 is 1.24 bits per heavy atom. The number of hydrogen-bond donors (Lipinski definition) is 2. The number of benzene rings is 2. The van der Waals surface area contributed by atoms with Crippen molar-refractivity contribution in [2.75, 3.05) is 24.7 Å². The number of nitrogens with one attached hydrogen (secondary N) is 1. The topological polar surface area (TPSA) is 64.3 Å². The van der Waals surface area contributed by atoms with Gasteiger partial charge in [0.1, 0.15) is 5.82 Å². The van der Waals surface area contributed by atoms with Crippen LogP contribution in [0.2, 0.25) is 0 Å². The summed E-state index contributed by atoms with van der Waals surface area (Å²) in [5, 5.41) is 3.20. The van der Waals surface area contributed by atoms with E-state index < -0.39 is 5.97 Å².